The van der Waals surface area contributed by atoms with Crippen molar-refractivity contribution in [3.05, 3.63) is 18.5 Å². The minimum absolute atomic E-state index is 0.290. The summed E-state index contributed by atoms with van der Waals surface area (Å²) in [5, 5.41) is 14.4. The average molecular weight is 236 g/mol. The normalized spacial score (nSPS) is 23.1. The van der Waals surface area contributed by atoms with E-state index >= 15 is 0 Å². The van der Waals surface area contributed by atoms with E-state index in [0.717, 1.165) is 10.8 Å². The van der Waals surface area contributed by atoms with E-state index in [1.165, 1.54) is 0 Å². The molecule has 1 aromatic rings. The number of aromatic nitrogens is 2. The SMILES string of the molecule is COc1cnn(C2=CC3CN(C2)C(=O)N3O)c1. The van der Waals surface area contributed by atoms with Crippen molar-refractivity contribution in [1.29, 1.82) is 0 Å². The highest BCUT2D eigenvalue weighted by molar-refractivity contribution is 5.79. The van der Waals surface area contributed by atoms with Gasteiger partial charge in [-0.25, -0.2) is 9.48 Å². The summed E-state index contributed by atoms with van der Waals surface area (Å²) in [6.45, 7) is 0.967. The van der Waals surface area contributed by atoms with Crippen LogP contribution in [0.5, 0.6) is 5.75 Å². The summed E-state index contributed by atoms with van der Waals surface area (Å²) in [5.74, 6) is 0.658. The number of rotatable bonds is 2. The molecule has 0 aromatic carbocycles. The third-order valence-electron chi connectivity index (χ3n) is 3.01. The molecule has 0 aliphatic carbocycles. The van der Waals surface area contributed by atoms with E-state index in [1.807, 2.05) is 6.08 Å². The molecule has 2 bridgehead atoms. The number of fused-ring (bicyclic) bond motifs is 2. The lowest BCUT2D eigenvalue weighted by Gasteiger charge is -2.20. The number of methoxy groups -OCH3 is 1. The number of nitrogens with zero attached hydrogens (tertiary/aromatic N) is 4. The van der Waals surface area contributed by atoms with Crippen LogP contribution in [0.3, 0.4) is 0 Å². The van der Waals surface area contributed by atoms with Gasteiger partial charge in [0.25, 0.3) is 0 Å². The zero-order valence-electron chi connectivity index (χ0n) is 9.28. The van der Waals surface area contributed by atoms with Crippen LogP contribution in [0, 0.1) is 0 Å². The summed E-state index contributed by atoms with van der Waals surface area (Å²) in [6.07, 6.45) is 5.18. The highest BCUT2D eigenvalue weighted by Gasteiger charge is 2.39. The fourth-order valence-electron chi connectivity index (χ4n) is 2.11. The maximum absolute atomic E-state index is 11.5. The second-order valence-corrected chi connectivity index (χ2v) is 4.06. The van der Waals surface area contributed by atoms with Crippen LogP contribution in [0.2, 0.25) is 0 Å². The van der Waals surface area contributed by atoms with Crippen LogP contribution in [-0.4, -0.2) is 57.2 Å². The fraction of sp³-hybridized carbons (Fsp3) is 0.400. The number of ether oxygens (including phenoxy) is 1. The largest absolute Gasteiger partial charge is 0.493 e. The van der Waals surface area contributed by atoms with Gasteiger partial charge in [-0.15, -0.1) is 0 Å². The van der Waals surface area contributed by atoms with Crippen LogP contribution in [0.15, 0.2) is 18.5 Å². The van der Waals surface area contributed by atoms with E-state index in [4.69, 9.17) is 4.74 Å². The third kappa shape index (κ3) is 1.47. The van der Waals surface area contributed by atoms with Gasteiger partial charge in [0.05, 0.1) is 37.8 Å². The minimum Gasteiger partial charge on any atom is -0.493 e. The zero-order valence-corrected chi connectivity index (χ0v) is 9.28. The van der Waals surface area contributed by atoms with E-state index in [9.17, 15) is 10.0 Å². The fourth-order valence-corrected chi connectivity index (χ4v) is 2.11. The highest BCUT2D eigenvalue weighted by atomic mass is 16.5. The Morgan fingerprint density at radius 3 is 3.06 bits per heavy atom. The summed E-state index contributed by atoms with van der Waals surface area (Å²) in [6, 6.07) is -0.651. The van der Waals surface area contributed by atoms with Crippen molar-refractivity contribution in [2.45, 2.75) is 6.04 Å². The van der Waals surface area contributed by atoms with Crippen LogP contribution in [0.1, 0.15) is 0 Å². The summed E-state index contributed by atoms with van der Waals surface area (Å²) in [7, 11) is 1.57. The van der Waals surface area contributed by atoms with Gasteiger partial charge in [0.15, 0.2) is 5.75 Å². The molecule has 0 spiro atoms. The maximum Gasteiger partial charge on any atom is 0.344 e. The number of hydroxylamine groups is 2. The molecule has 3 heterocycles. The molecule has 1 aromatic heterocycles. The van der Waals surface area contributed by atoms with Gasteiger partial charge in [0.2, 0.25) is 0 Å². The van der Waals surface area contributed by atoms with Crippen molar-refractivity contribution < 1.29 is 14.7 Å². The molecule has 2 aliphatic heterocycles. The molecule has 17 heavy (non-hydrogen) atoms. The molecular formula is C10H12N4O3. The Bertz CT molecular complexity index is 495. The van der Waals surface area contributed by atoms with Crippen LogP contribution in [0.4, 0.5) is 4.79 Å². The number of carbonyl (C=O) groups is 1. The third-order valence-corrected chi connectivity index (χ3v) is 3.01. The molecule has 3 rings (SSSR count). The van der Waals surface area contributed by atoms with Gasteiger partial charge in [-0.2, -0.15) is 10.2 Å². The molecule has 2 aliphatic rings. The van der Waals surface area contributed by atoms with Crippen molar-refractivity contribution in [1.82, 2.24) is 19.7 Å². The van der Waals surface area contributed by atoms with Gasteiger partial charge < -0.3 is 9.64 Å². The average Bonchev–Trinajstić information content (AvgIpc) is 2.91. The van der Waals surface area contributed by atoms with Gasteiger partial charge in [-0.05, 0) is 6.08 Å². The summed E-state index contributed by atoms with van der Waals surface area (Å²) >= 11 is 0. The Morgan fingerprint density at radius 1 is 1.59 bits per heavy atom. The van der Waals surface area contributed by atoms with Gasteiger partial charge in [0.1, 0.15) is 0 Å². The molecule has 90 valence electrons. The van der Waals surface area contributed by atoms with Crippen molar-refractivity contribution in [3.8, 4) is 5.75 Å². The van der Waals surface area contributed by atoms with Gasteiger partial charge in [-0.3, -0.25) is 5.21 Å². The van der Waals surface area contributed by atoms with E-state index in [0.29, 0.717) is 18.8 Å². The zero-order chi connectivity index (χ0) is 12.0. The molecule has 1 saturated heterocycles. The maximum atomic E-state index is 11.5. The predicted octanol–water partition coefficient (Wildman–Crippen LogP) is 0.242. The summed E-state index contributed by atoms with van der Waals surface area (Å²) < 4.78 is 6.70. The lowest BCUT2D eigenvalue weighted by atomic mass is 10.2. The van der Waals surface area contributed by atoms with Gasteiger partial charge >= 0.3 is 6.03 Å². The summed E-state index contributed by atoms with van der Waals surface area (Å²) in [4.78, 5) is 13.1. The second kappa shape index (κ2) is 3.49. The molecule has 1 N–H and O–H groups in total. The number of urea groups is 1. The monoisotopic (exact) mass is 236 g/mol. The number of hydrogen-bond acceptors (Lipinski definition) is 4. The molecular weight excluding hydrogens is 224 g/mol. The first-order chi connectivity index (χ1) is 8.19. The number of amides is 2. The number of hydrogen-bond donors (Lipinski definition) is 1. The van der Waals surface area contributed by atoms with E-state index in [2.05, 4.69) is 5.10 Å². The second-order valence-electron chi connectivity index (χ2n) is 4.06. The van der Waals surface area contributed by atoms with Crippen LogP contribution in [-0.2, 0) is 0 Å². The van der Waals surface area contributed by atoms with Crippen molar-refractivity contribution in [2.75, 3.05) is 20.2 Å². The topological polar surface area (TPSA) is 70.8 Å². The molecule has 1 unspecified atom stereocenters. The van der Waals surface area contributed by atoms with E-state index in [1.54, 1.807) is 29.1 Å². The molecule has 7 heteroatoms. The van der Waals surface area contributed by atoms with Crippen molar-refractivity contribution >= 4 is 11.7 Å². The Hall–Kier alpha value is -2.02. The van der Waals surface area contributed by atoms with E-state index < -0.39 is 0 Å². The lowest BCUT2D eigenvalue weighted by Crippen LogP contribution is -2.31. The van der Waals surface area contributed by atoms with Crippen LogP contribution < -0.4 is 4.74 Å². The van der Waals surface area contributed by atoms with Crippen molar-refractivity contribution in [2.24, 2.45) is 0 Å². The van der Waals surface area contributed by atoms with Crippen LogP contribution >= 0.6 is 0 Å². The smallest absolute Gasteiger partial charge is 0.344 e. The quantitative estimate of drug-likeness (QED) is 0.747. The first-order valence-corrected chi connectivity index (χ1v) is 5.26. The Morgan fingerprint density at radius 2 is 2.41 bits per heavy atom. The molecule has 1 fully saturated rings. The summed E-state index contributed by atoms with van der Waals surface area (Å²) in [5.41, 5.74) is 0.856. The molecule has 7 nitrogen and oxygen atoms in total. The minimum atomic E-state index is -0.361. The predicted molar refractivity (Wildman–Crippen MR) is 57.4 cm³/mol. The van der Waals surface area contributed by atoms with Gasteiger partial charge in [0, 0.05) is 6.54 Å². The molecule has 1 atom stereocenters. The molecule has 0 radical (unpaired) electrons. The van der Waals surface area contributed by atoms with Gasteiger partial charge in [-0.1, -0.05) is 0 Å². The number of carbonyl (C=O) groups excluding carboxylic acids is 1. The standard InChI is InChI=1S/C10H12N4O3/c1-17-9-3-11-13(6-9)7-2-8-5-12(4-7)10(15)14(8)16/h2-3,6,8,16H,4-5H2,1H3. The van der Waals surface area contributed by atoms with Crippen LogP contribution in [0.25, 0.3) is 5.70 Å². The first kappa shape index (κ1) is 10.2. The first-order valence-electron chi connectivity index (χ1n) is 5.26. The highest BCUT2D eigenvalue weighted by Crippen LogP contribution is 2.25. The lowest BCUT2D eigenvalue weighted by molar-refractivity contribution is -0.0450. The van der Waals surface area contributed by atoms with E-state index in [-0.39, 0.29) is 12.1 Å². The Balaban J connectivity index is 1.91. The van der Waals surface area contributed by atoms with Crippen molar-refractivity contribution in [3.63, 3.8) is 0 Å². The molecule has 2 amide bonds. The Kier molecular flexibility index (Phi) is 2.08. The molecule has 0 saturated carbocycles. The Labute approximate surface area is 97.4 Å².